The molecule has 1 amide bonds. The summed E-state index contributed by atoms with van der Waals surface area (Å²) in [4.78, 5) is 25.6. The zero-order chi connectivity index (χ0) is 17.8. The van der Waals surface area contributed by atoms with E-state index in [1.165, 1.54) is 27.9 Å². The van der Waals surface area contributed by atoms with E-state index in [1.807, 2.05) is 0 Å². The van der Waals surface area contributed by atoms with Gasteiger partial charge < -0.3 is 9.32 Å². The van der Waals surface area contributed by atoms with Crippen LogP contribution < -0.4 is 5.76 Å². The summed E-state index contributed by atoms with van der Waals surface area (Å²) in [7, 11) is 1.61. The second-order valence-corrected chi connectivity index (χ2v) is 5.58. The van der Waals surface area contributed by atoms with E-state index >= 15 is 0 Å². The first-order valence-electron chi connectivity index (χ1n) is 7.59. The highest BCUT2D eigenvalue weighted by Gasteiger charge is 2.18. The first-order valence-corrected chi connectivity index (χ1v) is 7.59. The second kappa shape index (κ2) is 7.16. The van der Waals surface area contributed by atoms with Gasteiger partial charge in [0.2, 0.25) is 5.91 Å². The number of likely N-dealkylation sites (N-methyl/N-ethyl adjacent to an activating group) is 1. The Hall–Kier alpha value is -3.16. The summed E-state index contributed by atoms with van der Waals surface area (Å²) in [6, 6.07) is 9.31. The lowest BCUT2D eigenvalue weighted by molar-refractivity contribution is -0.131. The molecule has 3 aromatic rings. The molecule has 8 heteroatoms. The average Bonchev–Trinajstić information content (AvgIpc) is 3.21. The van der Waals surface area contributed by atoms with Crippen molar-refractivity contribution in [2.24, 2.45) is 0 Å². The van der Waals surface area contributed by atoms with E-state index in [2.05, 4.69) is 9.68 Å². The number of hydrogen-bond acceptors (Lipinski definition) is 5. The van der Waals surface area contributed by atoms with Crippen molar-refractivity contribution in [1.82, 2.24) is 14.6 Å². The third-order valence-corrected chi connectivity index (χ3v) is 3.73. The number of aromatic nitrogens is 2. The minimum atomic E-state index is -0.711. The Labute approximate surface area is 142 Å². The summed E-state index contributed by atoms with van der Waals surface area (Å²) in [5.41, 5.74) is 0.750. The maximum atomic E-state index is 13.0. The molecule has 0 atom stereocenters. The lowest BCUT2D eigenvalue weighted by Gasteiger charge is -2.16. The first-order chi connectivity index (χ1) is 12.0. The standard InChI is InChI=1S/C17H16FN3O4/c1-20(10-14-3-2-8-24-14)16(22)11-21-15(19-25-17(21)23)9-12-4-6-13(18)7-5-12/h2-8H,9-11H2,1H3. The number of amides is 1. The van der Waals surface area contributed by atoms with Gasteiger partial charge in [-0.25, -0.2) is 9.18 Å². The Kier molecular flexibility index (Phi) is 4.78. The van der Waals surface area contributed by atoms with E-state index in [4.69, 9.17) is 4.42 Å². The van der Waals surface area contributed by atoms with Crippen molar-refractivity contribution in [2.45, 2.75) is 19.5 Å². The lowest BCUT2D eigenvalue weighted by atomic mass is 10.1. The molecule has 0 aliphatic heterocycles. The summed E-state index contributed by atoms with van der Waals surface area (Å²) in [5.74, 6) is -0.411. The van der Waals surface area contributed by atoms with Crippen LogP contribution in [0.15, 0.2) is 56.4 Å². The second-order valence-electron chi connectivity index (χ2n) is 5.58. The van der Waals surface area contributed by atoms with Gasteiger partial charge in [0.15, 0.2) is 5.82 Å². The molecule has 0 aliphatic carbocycles. The van der Waals surface area contributed by atoms with Crippen molar-refractivity contribution in [1.29, 1.82) is 0 Å². The number of rotatable bonds is 6. The van der Waals surface area contributed by atoms with Crippen molar-refractivity contribution >= 4 is 5.91 Å². The van der Waals surface area contributed by atoms with E-state index in [-0.39, 0.29) is 24.7 Å². The van der Waals surface area contributed by atoms with Gasteiger partial charge in [0.1, 0.15) is 18.1 Å². The van der Waals surface area contributed by atoms with Gasteiger partial charge >= 0.3 is 5.76 Å². The average molecular weight is 345 g/mol. The number of benzene rings is 1. The maximum Gasteiger partial charge on any atom is 0.442 e. The Morgan fingerprint density at radius 1 is 1.28 bits per heavy atom. The SMILES string of the molecule is CN(Cc1ccco1)C(=O)Cn1c(Cc2ccc(F)cc2)noc1=O. The smallest absolute Gasteiger partial charge is 0.442 e. The monoisotopic (exact) mass is 345 g/mol. The first kappa shape index (κ1) is 16.7. The van der Waals surface area contributed by atoms with Gasteiger partial charge in [0, 0.05) is 13.5 Å². The van der Waals surface area contributed by atoms with E-state index < -0.39 is 5.76 Å². The van der Waals surface area contributed by atoms with Crippen LogP contribution in [0.25, 0.3) is 0 Å². The summed E-state index contributed by atoms with van der Waals surface area (Å²) in [6.45, 7) is 0.0925. The highest BCUT2D eigenvalue weighted by atomic mass is 19.1. The summed E-state index contributed by atoms with van der Waals surface area (Å²) in [5, 5.41) is 3.71. The van der Waals surface area contributed by atoms with Gasteiger partial charge in [-0.05, 0) is 29.8 Å². The number of carbonyl (C=O) groups excluding carboxylic acids is 1. The molecule has 0 saturated heterocycles. The predicted octanol–water partition coefficient (Wildman–Crippen LogP) is 1.82. The van der Waals surface area contributed by atoms with Gasteiger partial charge in [-0.2, -0.15) is 0 Å². The molecule has 0 saturated carbocycles. The Bertz CT molecular complexity index is 897. The largest absolute Gasteiger partial charge is 0.467 e. The third kappa shape index (κ3) is 4.03. The normalized spacial score (nSPS) is 10.8. The number of carbonyl (C=O) groups is 1. The van der Waals surface area contributed by atoms with Crippen LogP contribution in [0.3, 0.4) is 0 Å². The Morgan fingerprint density at radius 2 is 2.04 bits per heavy atom. The number of halogens is 1. The quantitative estimate of drug-likeness (QED) is 0.681. The molecule has 25 heavy (non-hydrogen) atoms. The highest BCUT2D eigenvalue weighted by Crippen LogP contribution is 2.09. The molecule has 0 N–H and O–H groups in total. The van der Waals surface area contributed by atoms with Crippen LogP contribution >= 0.6 is 0 Å². The highest BCUT2D eigenvalue weighted by molar-refractivity contribution is 5.75. The molecule has 0 radical (unpaired) electrons. The molecule has 0 aliphatic rings. The van der Waals surface area contributed by atoms with Crippen LogP contribution in [0, 0.1) is 5.82 Å². The van der Waals surface area contributed by atoms with E-state index in [0.29, 0.717) is 18.1 Å². The summed E-state index contributed by atoms with van der Waals surface area (Å²) < 4.78 is 24.0. The molecule has 7 nitrogen and oxygen atoms in total. The Balaban J connectivity index is 1.71. The van der Waals surface area contributed by atoms with Crippen LogP contribution in [-0.4, -0.2) is 27.6 Å². The zero-order valence-corrected chi connectivity index (χ0v) is 13.5. The van der Waals surface area contributed by atoms with Crippen LogP contribution in [0.5, 0.6) is 0 Å². The van der Waals surface area contributed by atoms with Crippen molar-refractivity contribution in [3.05, 3.63) is 76.2 Å². The van der Waals surface area contributed by atoms with Crippen molar-refractivity contribution in [3.8, 4) is 0 Å². The number of hydrogen-bond donors (Lipinski definition) is 0. The van der Waals surface area contributed by atoms with Gasteiger partial charge in [-0.3, -0.25) is 13.9 Å². The molecule has 2 aromatic heterocycles. The molecule has 0 spiro atoms. The molecular formula is C17H16FN3O4. The lowest BCUT2D eigenvalue weighted by Crippen LogP contribution is -2.33. The van der Waals surface area contributed by atoms with Crippen molar-refractivity contribution in [3.63, 3.8) is 0 Å². The van der Waals surface area contributed by atoms with Crippen molar-refractivity contribution < 1.29 is 18.1 Å². The van der Waals surface area contributed by atoms with Crippen LogP contribution in [0.4, 0.5) is 4.39 Å². The molecule has 0 bridgehead atoms. The fourth-order valence-corrected chi connectivity index (χ4v) is 2.34. The van der Waals surface area contributed by atoms with Crippen LogP contribution in [0.1, 0.15) is 17.1 Å². The minimum Gasteiger partial charge on any atom is -0.467 e. The van der Waals surface area contributed by atoms with Gasteiger partial charge in [0.25, 0.3) is 0 Å². The van der Waals surface area contributed by atoms with Crippen LogP contribution in [0.2, 0.25) is 0 Å². The molecule has 130 valence electrons. The van der Waals surface area contributed by atoms with Gasteiger partial charge in [0.05, 0.1) is 12.8 Å². The van der Waals surface area contributed by atoms with E-state index in [0.717, 1.165) is 5.56 Å². The predicted molar refractivity (Wildman–Crippen MR) is 85.2 cm³/mol. The zero-order valence-electron chi connectivity index (χ0n) is 13.5. The number of nitrogens with zero attached hydrogens (tertiary/aromatic N) is 3. The third-order valence-electron chi connectivity index (χ3n) is 3.73. The maximum absolute atomic E-state index is 13.0. The molecular weight excluding hydrogens is 329 g/mol. The Morgan fingerprint density at radius 3 is 2.72 bits per heavy atom. The topological polar surface area (TPSA) is 81.5 Å². The molecule has 0 fully saturated rings. The molecule has 1 aromatic carbocycles. The van der Waals surface area contributed by atoms with Crippen molar-refractivity contribution in [2.75, 3.05) is 7.05 Å². The minimum absolute atomic E-state index is 0.198. The van der Waals surface area contributed by atoms with Crippen LogP contribution in [-0.2, 0) is 24.3 Å². The number of furan rings is 1. The van der Waals surface area contributed by atoms with E-state index in [1.54, 1.807) is 31.3 Å². The molecule has 0 unspecified atom stereocenters. The molecule has 2 heterocycles. The summed E-state index contributed by atoms with van der Waals surface area (Å²) in [6.07, 6.45) is 1.78. The fourth-order valence-electron chi connectivity index (χ4n) is 2.34. The van der Waals surface area contributed by atoms with E-state index in [9.17, 15) is 14.0 Å². The summed E-state index contributed by atoms with van der Waals surface area (Å²) >= 11 is 0. The van der Waals surface area contributed by atoms with Gasteiger partial charge in [-0.15, -0.1) is 0 Å². The van der Waals surface area contributed by atoms with Gasteiger partial charge in [-0.1, -0.05) is 17.3 Å². The molecule has 3 rings (SSSR count). The fraction of sp³-hybridized carbons (Fsp3) is 0.235.